The first-order valence-corrected chi connectivity index (χ1v) is 27.2. The van der Waals surface area contributed by atoms with Crippen molar-refractivity contribution in [2.45, 2.75) is 19.3 Å². The van der Waals surface area contributed by atoms with Gasteiger partial charge in [-0.3, -0.25) is 0 Å². The van der Waals surface area contributed by atoms with Crippen molar-refractivity contribution in [3.63, 3.8) is 0 Å². The summed E-state index contributed by atoms with van der Waals surface area (Å²) in [6, 6.07) is 96.4. The smallest absolute Gasteiger partial charge is 0.159 e. The van der Waals surface area contributed by atoms with Crippen LogP contribution in [0.3, 0.4) is 0 Å². The highest BCUT2D eigenvalue weighted by Crippen LogP contribution is 2.55. The number of benzene rings is 13. The quantitative estimate of drug-likeness (QED) is 0.152. The van der Waals surface area contributed by atoms with Crippen LogP contribution in [0.4, 0.5) is 34.1 Å². The van der Waals surface area contributed by atoms with Crippen molar-refractivity contribution in [3.05, 3.63) is 278 Å². The van der Waals surface area contributed by atoms with Crippen molar-refractivity contribution in [2.75, 3.05) is 9.80 Å². The third-order valence-corrected chi connectivity index (χ3v) is 16.7. The molecule has 2 heterocycles. The van der Waals surface area contributed by atoms with Crippen LogP contribution in [-0.4, -0.2) is 0 Å². The van der Waals surface area contributed by atoms with E-state index in [1.807, 2.05) is 0 Å². The van der Waals surface area contributed by atoms with Crippen molar-refractivity contribution in [1.82, 2.24) is 0 Å². The summed E-state index contributed by atoms with van der Waals surface area (Å²) in [4.78, 5) is 4.74. The Kier molecular flexibility index (Phi) is 9.95. The fourth-order valence-electron chi connectivity index (χ4n) is 13.2. The predicted molar refractivity (Wildman–Crippen MR) is 331 cm³/mol. The number of nitrogens with zero attached hydrogens (tertiary/aromatic N) is 2. The van der Waals surface area contributed by atoms with Gasteiger partial charge in [-0.1, -0.05) is 208 Å². The summed E-state index contributed by atoms with van der Waals surface area (Å²) in [5.41, 5.74) is 18.9. The van der Waals surface area contributed by atoms with Crippen molar-refractivity contribution in [1.29, 1.82) is 0 Å². The molecule has 0 saturated heterocycles. The lowest BCUT2D eigenvalue weighted by molar-refractivity contribution is 0.666. The molecule has 0 unspecified atom stereocenters. The zero-order chi connectivity index (χ0) is 52.3. The number of rotatable bonds is 8. The van der Waals surface area contributed by atoms with Crippen LogP contribution in [0.1, 0.15) is 25.0 Å². The van der Waals surface area contributed by atoms with E-state index in [2.05, 4.69) is 291 Å². The second-order valence-electron chi connectivity index (χ2n) is 21.5. The zero-order valence-electron chi connectivity index (χ0n) is 43.6. The Morgan fingerprint density at radius 3 is 1.25 bits per heavy atom. The van der Waals surface area contributed by atoms with Crippen LogP contribution in [-0.2, 0) is 5.41 Å². The molecule has 0 saturated carbocycles. The molecule has 0 amide bonds. The Balaban J connectivity index is 0.835. The second-order valence-corrected chi connectivity index (χ2v) is 21.5. The lowest BCUT2D eigenvalue weighted by Crippen LogP contribution is -2.17. The van der Waals surface area contributed by atoms with Gasteiger partial charge in [-0.15, -0.1) is 0 Å². The third-order valence-electron chi connectivity index (χ3n) is 16.7. The fraction of sp³-hybridized carbons (Fsp3) is 0.0400. The van der Waals surface area contributed by atoms with E-state index in [4.69, 9.17) is 8.83 Å². The van der Waals surface area contributed by atoms with E-state index in [9.17, 15) is 0 Å². The molecule has 13 aromatic carbocycles. The number of hydrogen-bond donors (Lipinski definition) is 0. The normalized spacial score (nSPS) is 12.8. The maximum Gasteiger partial charge on any atom is 0.159 e. The lowest BCUT2D eigenvalue weighted by atomic mass is 9.80. The Hall–Kier alpha value is -10.2. The SMILES string of the molecule is CC1(C)c2cc(N(c3ccccc3)c3cccc4c3oc3c(-c5ccccc5)cc5ccccc5c34)ccc2-c2ccc3cc(N(c4ccccc4)c4cccc5c4oc4c(-c6ccccc6)cc6ccccc6c45)ccc3c21. The molecular formula is C75H50N2O2. The standard InChI is InChI=1S/C75H50N2O2/c1-75(2)65-46-55(77(53-29-13-6-14-30-53)67-36-20-34-62-69-57-32-18-16-26-50(57)45-64(74(69)79-72(62)67)48-23-9-4-10-24-48)39-42-59(65)60-40-37-51-43-54(38-41-58(51)70(60)75)76(52-27-11-5-12-28-52)66-35-19-33-61-68-56-31-17-15-25-49(56)44-63(73(68)78-71(61)66)47-21-7-3-8-22-47/h3-46H,1-2H3. The summed E-state index contributed by atoms with van der Waals surface area (Å²) >= 11 is 0. The largest absolute Gasteiger partial charge is 0.453 e. The van der Waals surface area contributed by atoms with Gasteiger partial charge < -0.3 is 18.6 Å². The number of hydrogen-bond acceptors (Lipinski definition) is 4. The lowest BCUT2D eigenvalue weighted by Gasteiger charge is -2.28. The first-order chi connectivity index (χ1) is 39.0. The summed E-state index contributed by atoms with van der Waals surface area (Å²) in [5.74, 6) is 0. The Morgan fingerprint density at radius 1 is 0.291 bits per heavy atom. The van der Waals surface area contributed by atoms with E-state index in [0.29, 0.717) is 0 Å². The third kappa shape index (κ3) is 6.87. The summed E-state index contributed by atoms with van der Waals surface area (Å²) in [7, 11) is 0. The highest BCUT2D eigenvalue weighted by Gasteiger charge is 2.38. The molecule has 79 heavy (non-hydrogen) atoms. The van der Waals surface area contributed by atoms with Crippen LogP contribution in [0, 0.1) is 0 Å². The van der Waals surface area contributed by atoms with Crippen LogP contribution in [0.2, 0.25) is 0 Å². The van der Waals surface area contributed by atoms with Gasteiger partial charge in [0, 0.05) is 60.8 Å². The number of furan rings is 2. The van der Waals surface area contributed by atoms with Gasteiger partial charge in [0.1, 0.15) is 11.2 Å². The average molecular weight is 1010 g/mol. The topological polar surface area (TPSA) is 32.8 Å². The van der Waals surface area contributed by atoms with Gasteiger partial charge in [0.25, 0.3) is 0 Å². The summed E-state index contributed by atoms with van der Waals surface area (Å²) in [6.07, 6.45) is 0. The van der Waals surface area contributed by atoms with Crippen LogP contribution >= 0.6 is 0 Å². The number of fused-ring (bicyclic) bond motifs is 15. The van der Waals surface area contributed by atoms with Gasteiger partial charge in [0.05, 0.1) is 11.4 Å². The number of anilines is 6. The molecule has 1 aliphatic carbocycles. The molecule has 0 radical (unpaired) electrons. The van der Waals surface area contributed by atoms with Gasteiger partial charge in [-0.25, -0.2) is 0 Å². The average Bonchev–Trinajstić information content (AvgIpc) is 4.38. The molecule has 0 aliphatic heterocycles. The van der Waals surface area contributed by atoms with E-state index in [0.717, 1.165) is 100 Å². The van der Waals surface area contributed by atoms with Crippen molar-refractivity contribution in [3.8, 4) is 33.4 Å². The molecule has 15 aromatic rings. The summed E-state index contributed by atoms with van der Waals surface area (Å²) in [6.45, 7) is 4.79. The second kappa shape index (κ2) is 17.4. The summed E-state index contributed by atoms with van der Waals surface area (Å²) in [5, 5.41) is 11.6. The maximum absolute atomic E-state index is 7.24. The molecule has 2 aromatic heterocycles. The van der Waals surface area contributed by atoms with E-state index >= 15 is 0 Å². The zero-order valence-corrected chi connectivity index (χ0v) is 43.6. The number of para-hydroxylation sites is 4. The van der Waals surface area contributed by atoms with Gasteiger partial charge >= 0.3 is 0 Å². The molecule has 0 spiro atoms. The Morgan fingerprint density at radius 2 is 0.722 bits per heavy atom. The van der Waals surface area contributed by atoms with Gasteiger partial charge in [0.2, 0.25) is 0 Å². The molecule has 0 atom stereocenters. The molecule has 0 bridgehead atoms. The fourth-order valence-corrected chi connectivity index (χ4v) is 13.2. The minimum Gasteiger partial charge on any atom is -0.453 e. The molecule has 0 N–H and O–H groups in total. The molecular weight excluding hydrogens is 961 g/mol. The summed E-state index contributed by atoms with van der Waals surface area (Å²) < 4.78 is 14.5. The molecule has 4 nitrogen and oxygen atoms in total. The molecule has 4 heteroatoms. The van der Waals surface area contributed by atoms with Gasteiger partial charge in [-0.2, -0.15) is 0 Å². The first kappa shape index (κ1) is 45.1. The van der Waals surface area contributed by atoms with Crippen molar-refractivity contribution in [2.24, 2.45) is 0 Å². The highest BCUT2D eigenvalue weighted by atomic mass is 16.3. The molecule has 372 valence electrons. The van der Waals surface area contributed by atoms with Crippen molar-refractivity contribution < 1.29 is 8.83 Å². The molecule has 1 aliphatic rings. The van der Waals surface area contributed by atoms with E-state index < -0.39 is 0 Å². The van der Waals surface area contributed by atoms with Crippen molar-refractivity contribution >= 4 is 110 Å². The van der Waals surface area contributed by atoms with E-state index in [1.54, 1.807) is 0 Å². The minimum absolute atomic E-state index is 0.336. The molecule has 0 fully saturated rings. The van der Waals surface area contributed by atoms with Gasteiger partial charge in [0.15, 0.2) is 11.2 Å². The van der Waals surface area contributed by atoms with E-state index in [1.165, 1.54) is 54.6 Å². The van der Waals surface area contributed by atoms with E-state index in [-0.39, 0.29) is 5.41 Å². The van der Waals surface area contributed by atoms with Gasteiger partial charge in [-0.05, 0) is 138 Å². The predicted octanol–water partition coefficient (Wildman–Crippen LogP) is 21.5. The minimum atomic E-state index is -0.336. The maximum atomic E-state index is 7.24. The monoisotopic (exact) mass is 1010 g/mol. The van der Waals surface area contributed by atoms with Crippen LogP contribution in [0.15, 0.2) is 276 Å². The Labute approximate surface area is 457 Å². The van der Waals surface area contributed by atoms with Crippen LogP contribution < -0.4 is 9.80 Å². The molecule has 16 rings (SSSR count). The highest BCUT2D eigenvalue weighted by molar-refractivity contribution is 6.26. The van der Waals surface area contributed by atoms with Crippen LogP contribution in [0.25, 0.3) is 110 Å². The van der Waals surface area contributed by atoms with Crippen LogP contribution in [0.5, 0.6) is 0 Å². The Bertz CT molecular complexity index is 4920. The first-order valence-electron chi connectivity index (χ1n) is 27.2.